The second kappa shape index (κ2) is 5.42. The van der Waals surface area contributed by atoms with Crippen molar-refractivity contribution in [2.45, 2.75) is 6.61 Å². The zero-order valence-corrected chi connectivity index (χ0v) is 11.7. The Morgan fingerprint density at radius 3 is 2.67 bits per heavy atom. The van der Waals surface area contributed by atoms with E-state index in [1.165, 1.54) is 0 Å². The number of aliphatic hydroxyl groups excluding tert-OH is 1. The highest BCUT2D eigenvalue weighted by atomic mass is 16.3. The first-order valence-corrected chi connectivity index (χ1v) is 6.75. The molecule has 1 aromatic heterocycles. The number of amides is 1. The maximum absolute atomic E-state index is 12.5. The van der Waals surface area contributed by atoms with Crippen LogP contribution in [0.1, 0.15) is 15.9 Å². The topological polar surface area (TPSA) is 54.3 Å². The van der Waals surface area contributed by atoms with E-state index in [0.717, 1.165) is 10.9 Å². The van der Waals surface area contributed by atoms with Crippen molar-refractivity contribution in [3.05, 3.63) is 65.9 Å². The fourth-order valence-electron chi connectivity index (χ4n) is 2.49. The molecule has 2 N–H and O–H groups in total. The molecule has 1 heterocycles. The van der Waals surface area contributed by atoms with Crippen LogP contribution >= 0.6 is 0 Å². The van der Waals surface area contributed by atoms with Gasteiger partial charge in [0.05, 0.1) is 12.2 Å². The highest BCUT2D eigenvalue weighted by Gasteiger charge is 2.14. The van der Waals surface area contributed by atoms with Gasteiger partial charge >= 0.3 is 0 Å². The molecule has 0 aliphatic carbocycles. The normalized spacial score (nSPS) is 10.8. The lowest BCUT2D eigenvalue weighted by atomic mass is 10.1. The van der Waals surface area contributed by atoms with E-state index in [9.17, 15) is 9.90 Å². The minimum atomic E-state index is -0.173. The molecule has 0 unspecified atom stereocenters. The Balaban J connectivity index is 1.98. The van der Waals surface area contributed by atoms with E-state index in [1.807, 2.05) is 54.2 Å². The second-order valence-electron chi connectivity index (χ2n) is 4.94. The predicted octanol–water partition coefficient (Wildman–Crippen LogP) is 2.92. The van der Waals surface area contributed by atoms with Crippen molar-refractivity contribution in [1.29, 1.82) is 0 Å². The van der Waals surface area contributed by atoms with E-state index in [4.69, 9.17) is 0 Å². The Hall–Kier alpha value is -2.59. The van der Waals surface area contributed by atoms with Crippen molar-refractivity contribution in [3.63, 3.8) is 0 Å². The van der Waals surface area contributed by atoms with Gasteiger partial charge in [-0.05, 0) is 12.1 Å². The summed E-state index contributed by atoms with van der Waals surface area (Å²) in [6.45, 7) is -0.105. The van der Waals surface area contributed by atoms with Crippen LogP contribution in [0.15, 0.2) is 54.7 Å². The fourth-order valence-corrected chi connectivity index (χ4v) is 2.49. The lowest BCUT2D eigenvalue weighted by Gasteiger charge is -2.08. The van der Waals surface area contributed by atoms with Crippen molar-refractivity contribution in [3.8, 4) is 0 Å². The summed E-state index contributed by atoms with van der Waals surface area (Å²) in [5, 5.41) is 13.1. The van der Waals surface area contributed by atoms with Crippen LogP contribution in [0.25, 0.3) is 10.9 Å². The highest BCUT2D eigenvalue weighted by molar-refractivity contribution is 6.13. The summed E-state index contributed by atoms with van der Waals surface area (Å²) in [4.78, 5) is 12.5. The van der Waals surface area contributed by atoms with Crippen LogP contribution in [0.5, 0.6) is 0 Å². The van der Waals surface area contributed by atoms with Crippen molar-refractivity contribution in [1.82, 2.24) is 4.57 Å². The largest absolute Gasteiger partial charge is 0.392 e. The monoisotopic (exact) mass is 280 g/mol. The minimum Gasteiger partial charge on any atom is -0.392 e. The number of hydrogen-bond acceptors (Lipinski definition) is 2. The third kappa shape index (κ3) is 2.41. The number of carbonyl (C=O) groups is 1. The van der Waals surface area contributed by atoms with Gasteiger partial charge in [-0.2, -0.15) is 0 Å². The Bertz CT molecular complexity index is 805. The van der Waals surface area contributed by atoms with Gasteiger partial charge in [0, 0.05) is 35.4 Å². The van der Waals surface area contributed by atoms with Crippen LogP contribution in [0.2, 0.25) is 0 Å². The number of anilines is 1. The molecule has 4 nitrogen and oxygen atoms in total. The number of nitrogens with one attached hydrogen (secondary N) is 1. The van der Waals surface area contributed by atoms with Gasteiger partial charge in [-0.1, -0.05) is 36.4 Å². The summed E-state index contributed by atoms with van der Waals surface area (Å²) >= 11 is 0. The van der Waals surface area contributed by atoms with Gasteiger partial charge in [0.15, 0.2) is 0 Å². The van der Waals surface area contributed by atoms with Gasteiger partial charge < -0.3 is 15.0 Å². The Morgan fingerprint density at radius 1 is 1.14 bits per heavy atom. The van der Waals surface area contributed by atoms with Crippen LogP contribution in [0.4, 0.5) is 5.69 Å². The predicted molar refractivity (Wildman–Crippen MR) is 83.2 cm³/mol. The minimum absolute atomic E-state index is 0.105. The maximum atomic E-state index is 12.5. The molecular weight excluding hydrogens is 264 g/mol. The molecule has 1 amide bonds. The number of rotatable bonds is 3. The van der Waals surface area contributed by atoms with Crippen LogP contribution in [0.3, 0.4) is 0 Å². The molecule has 3 rings (SSSR count). The lowest BCUT2D eigenvalue weighted by molar-refractivity contribution is 0.102. The van der Waals surface area contributed by atoms with Gasteiger partial charge in [-0.15, -0.1) is 0 Å². The number of carbonyl (C=O) groups excluding carboxylic acids is 1. The molecule has 4 heteroatoms. The van der Waals surface area contributed by atoms with E-state index in [1.54, 1.807) is 12.1 Å². The number of hydrogen-bond donors (Lipinski definition) is 2. The number of fused-ring (bicyclic) bond motifs is 1. The standard InChI is InChI=1S/C17H16N2O2/c1-19-10-14(13-7-3-5-9-16(13)19)17(21)18-15-8-4-2-6-12(15)11-20/h2-10,20H,11H2,1H3,(H,18,21). The van der Waals surface area contributed by atoms with Gasteiger partial charge in [-0.3, -0.25) is 4.79 Å². The highest BCUT2D eigenvalue weighted by Crippen LogP contribution is 2.22. The number of aliphatic hydroxyl groups is 1. The Morgan fingerprint density at radius 2 is 1.86 bits per heavy atom. The van der Waals surface area contributed by atoms with Crippen LogP contribution in [-0.4, -0.2) is 15.6 Å². The van der Waals surface area contributed by atoms with E-state index in [2.05, 4.69) is 5.32 Å². The Labute approximate surface area is 122 Å². The second-order valence-corrected chi connectivity index (χ2v) is 4.94. The fraction of sp³-hybridized carbons (Fsp3) is 0.118. The molecule has 0 saturated carbocycles. The summed E-state index contributed by atoms with van der Waals surface area (Å²) in [7, 11) is 1.92. The van der Waals surface area contributed by atoms with Crippen LogP contribution in [-0.2, 0) is 13.7 Å². The molecule has 2 aromatic carbocycles. The molecule has 0 aliphatic heterocycles. The molecular formula is C17H16N2O2. The first-order valence-electron chi connectivity index (χ1n) is 6.75. The number of para-hydroxylation sites is 2. The molecule has 0 radical (unpaired) electrons. The van der Waals surface area contributed by atoms with E-state index in [0.29, 0.717) is 16.8 Å². The van der Waals surface area contributed by atoms with Crippen molar-refractivity contribution < 1.29 is 9.90 Å². The molecule has 21 heavy (non-hydrogen) atoms. The average Bonchev–Trinajstić information content (AvgIpc) is 2.86. The van der Waals surface area contributed by atoms with Gasteiger partial charge in [-0.25, -0.2) is 0 Å². The molecule has 0 fully saturated rings. The molecule has 0 bridgehead atoms. The molecule has 0 aliphatic rings. The zero-order valence-electron chi connectivity index (χ0n) is 11.7. The third-order valence-electron chi connectivity index (χ3n) is 3.58. The quantitative estimate of drug-likeness (QED) is 0.775. The number of aryl methyl sites for hydroxylation is 1. The maximum Gasteiger partial charge on any atom is 0.257 e. The van der Waals surface area contributed by atoms with Crippen molar-refractivity contribution in [2.24, 2.45) is 7.05 Å². The molecule has 0 atom stereocenters. The average molecular weight is 280 g/mol. The molecule has 0 saturated heterocycles. The third-order valence-corrected chi connectivity index (χ3v) is 3.58. The number of benzene rings is 2. The summed E-state index contributed by atoms with van der Waals surface area (Å²) in [5.74, 6) is -0.173. The van der Waals surface area contributed by atoms with E-state index < -0.39 is 0 Å². The summed E-state index contributed by atoms with van der Waals surface area (Å²) in [6.07, 6.45) is 1.82. The van der Waals surface area contributed by atoms with Crippen molar-refractivity contribution in [2.75, 3.05) is 5.32 Å². The van der Waals surface area contributed by atoms with Gasteiger partial charge in [0.1, 0.15) is 0 Å². The first-order chi connectivity index (χ1) is 10.2. The van der Waals surface area contributed by atoms with Crippen molar-refractivity contribution >= 4 is 22.5 Å². The molecule has 3 aromatic rings. The molecule has 0 spiro atoms. The molecule has 106 valence electrons. The van der Waals surface area contributed by atoms with E-state index >= 15 is 0 Å². The van der Waals surface area contributed by atoms with Crippen LogP contribution < -0.4 is 5.32 Å². The number of aromatic nitrogens is 1. The van der Waals surface area contributed by atoms with Gasteiger partial charge in [0.2, 0.25) is 0 Å². The summed E-state index contributed by atoms with van der Waals surface area (Å²) < 4.78 is 1.93. The number of nitrogens with zero attached hydrogens (tertiary/aromatic N) is 1. The van der Waals surface area contributed by atoms with Gasteiger partial charge in [0.25, 0.3) is 5.91 Å². The van der Waals surface area contributed by atoms with E-state index in [-0.39, 0.29) is 12.5 Å². The smallest absolute Gasteiger partial charge is 0.257 e. The summed E-state index contributed by atoms with van der Waals surface area (Å²) in [6, 6.07) is 15.0. The lowest BCUT2D eigenvalue weighted by Crippen LogP contribution is -2.13. The SMILES string of the molecule is Cn1cc(C(=O)Nc2ccccc2CO)c2ccccc21. The first kappa shape index (κ1) is 13.4. The zero-order chi connectivity index (χ0) is 14.8. The summed E-state index contributed by atoms with van der Waals surface area (Å²) in [5.41, 5.74) is 2.97. The van der Waals surface area contributed by atoms with Crippen LogP contribution in [0, 0.1) is 0 Å². The Kier molecular flexibility index (Phi) is 3.46.